The molecule has 134 valence electrons. The number of nitrogen functional groups attached to an aromatic ring is 1. The molecule has 0 aliphatic heterocycles. The Morgan fingerprint density at radius 3 is 2.50 bits per heavy atom. The Bertz CT molecular complexity index is 1060. The van der Waals surface area contributed by atoms with Gasteiger partial charge in [0.2, 0.25) is 11.7 Å². The van der Waals surface area contributed by atoms with E-state index in [-0.39, 0.29) is 5.95 Å². The van der Waals surface area contributed by atoms with Gasteiger partial charge in [0.05, 0.1) is 17.9 Å². The van der Waals surface area contributed by atoms with Crippen molar-refractivity contribution < 1.29 is 0 Å². The largest absolute Gasteiger partial charge is 0.367 e. The average Bonchev–Trinajstić information content (AvgIpc) is 3.18. The summed E-state index contributed by atoms with van der Waals surface area (Å²) in [6.45, 7) is 4.64. The van der Waals surface area contributed by atoms with Crippen LogP contribution in [-0.4, -0.2) is 29.0 Å². The number of hydrogen-bond donors (Lipinski definition) is 1. The fraction of sp³-hybridized carbons (Fsp3) is 0.333. The Labute approximate surface area is 155 Å². The van der Waals surface area contributed by atoms with E-state index in [1.54, 1.807) is 27.5 Å². The van der Waals surface area contributed by atoms with E-state index in [0.29, 0.717) is 10.9 Å². The van der Waals surface area contributed by atoms with Crippen LogP contribution in [-0.2, 0) is 0 Å². The van der Waals surface area contributed by atoms with Crippen LogP contribution in [0.25, 0.3) is 22.4 Å². The molecule has 4 heterocycles. The number of hydrogen-bond acceptors (Lipinski definition) is 5. The fourth-order valence-corrected chi connectivity index (χ4v) is 3.62. The molecule has 5 rings (SSSR count). The molecule has 0 radical (unpaired) electrons. The maximum absolute atomic E-state index is 6.06. The highest BCUT2D eigenvalue weighted by atomic mass is 35.5. The molecule has 1 fully saturated rings. The van der Waals surface area contributed by atoms with E-state index in [4.69, 9.17) is 17.3 Å². The highest BCUT2D eigenvalue weighted by Crippen LogP contribution is 2.31. The van der Waals surface area contributed by atoms with E-state index in [1.807, 2.05) is 18.5 Å². The van der Waals surface area contributed by atoms with Crippen LogP contribution in [0.3, 0.4) is 0 Å². The van der Waals surface area contributed by atoms with Crippen LogP contribution in [0, 0.1) is 11.8 Å². The quantitative estimate of drug-likeness (QED) is 0.552. The Balaban J connectivity index is 0.000000240. The SMILES string of the molecule is CC1CC(C)C1.Nc1ncc2c(-c3cnc4ncc(Cl)n4c3)ccn2n1. The molecule has 2 N–H and O–H groups in total. The summed E-state index contributed by atoms with van der Waals surface area (Å²) in [6, 6.07) is 1.93. The lowest BCUT2D eigenvalue weighted by Crippen LogP contribution is -2.16. The summed E-state index contributed by atoms with van der Waals surface area (Å²) in [5.74, 6) is 2.87. The molecule has 1 aliphatic rings. The number of halogens is 1. The third kappa shape index (κ3) is 3.10. The van der Waals surface area contributed by atoms with Crippen LogP contribution < -0.4 is 5.73 Å². The van der Waals surface area contributed by atoms with Crippen molar-refractivity contribution in [3.05, 3.63) is 42.2 Å². The molecule has 0 amide bonds. The second-order valence-electron chi connectivity index (χ2n) is 6.95. The Morgan fingerprint density at radius 2 is 1.81 bits per heavy atom. The zero-order valence-electron chi connectivity index (χ0n) is 14.7. The smallest absolute Gasteiger partial charge is 0.238 e. The van der Waals surface area contributed by atoms with Crippen molar-refractivity contribution in [3.8, 4) is 11.1 Å². The van der Waals surface area contributed by atoms with Crippen LogP contribution >= 0.6 is 11.6 Å². The van der Waals surface area contributed by atoms with Crippen LogP contribution in [0.1, 0.15) is 26.7 Å². The molecule has 0 bridgehead atoms. The summed E-state index contributed by atoms with van der Waals surface area (Å²) < 4.78 is 3.40. The topological polar surface area (TPSA) is 86.4 Å². The summed E-state index contributed by atoms with van der Waals surface area (Å²) >= 11 is 6.06. The first-order valence-electron chi connectivity index (χ1n) is 8.60. The summed E-state index contributed by atoms with van der Waals surface area (Å²) in [7, 11) is 0. The summed E-state index contributed by atoms with van der Waals surface area (Å²) in [5.41, 5.74) is 8.26. The molecule has 1 saturated carbocycles. The Hall–Kier alpha value is -2.67. The zero-order valence-corrected chi connectivity index (χ0v) is 15.4. The monoisotopic (exact) mass is 369 g/mol. The standard InChI is InChI=1S/C12H8ClN7.C6H12/c13-10-5-17-12-16-3-7(6-19(10)12)8-1-2-20-9(8)4-15-11(14)18-20;1-5-3-6(2)4-5/h1-6H,(H2,14,18);5-6H,3-4H2,1-2H3. The lowest BCUT2D eigenvalue weighted by molar-refractivity contribution is 0.233. The van der Waals surface area contributed by atoms with E-state index in [1.165, 1.54) is 12.8 Å². The molecule has 0 spiro atoms. The van der Waals surface area contributed by atoms with Crippen LogP contribution in [0.2, 0.25) is 5.15 Å². The highest BCUT2D eigenvalue weighted by molar-refractivity contribution is 6.29. The Morgan fingerprint density at radius 1 is 1.08 bits per heavy atom. The number of rotatable bonds is 1. The van der Waals surface area contributed by atoms with Crippen molar-refractivity contribution in [1.29, 1.82) is 0 Å². The highest BCUT2D eigenvalue weighted by Gasteiger charge is 2.19. The lowest BCUT2D eigenvalue weighted by Gasteiger charge is -2.28. The Kier molecular flexibility index (Phi) is 4.24. The van der Waals surface area contributed by atoms with Crippen molar-refractivity contribution in [2.45, 2.75) is 26.7 Å². The number of nitrogens with zero attached hydrogens (tertiary/aromatic N) is 6. The fourth-order valence-electron chi connectivity index (χ4n) is 3.45. The van der Waals surface area contributed by atoms with Gasteiger partial charge in [0.25, 0.3) is 0 Å². The van der Waals surface area contributed by atoms with Crippen molar-refractivity contribution in [3.63, 3.8) is 0 Å². The second-order valence-corrected chi connectivity index (χ2v) is 7.34. The predicted molar refractivity (Wildman–Crippen MR) is 102 cm³/mol. The minimum absolute atomic E-state index is 0.228. The van der Waals surface area contributed by atoms with E-state index >= 15 is 0 Å². The molecule has 0 atom stereocenters. The van der Waals surface area contributed by atoms with Gasteiger partial charge in [-0.1, -0.05) is 25.4 Å². The predicted octanol–water partition coefficient (Wildman–Crippen LogP) is 3.73. The molecule has 0 aromatic carbocycles. The van der Waals surface area contributed by atoms with Crippen LogP contribution in [0.4, 0.5) is 5.95 Å². The van der Waals surface area contributed by atoms with Crippen molar-refractivity contribution in [1.82, 2.24) is 29.0 Å². The van der Waals surface area contributed by atoms with Crippen LogP contribution in [0.5, 0.6) is 0 Å². The number of imidazole rings is 1. The minimum atomic E-state index is 0.228. The third-order valence-corrected chi connectivity index (χ3v) is 4.95. The van der Waals surface area contributed by atoms with Crippen molar-refractivity contribution >= 4 is 28.8 Å². The molecule has 0 saturated heterocycles. The second kappa shape index (κ2) is 6.57. The third-order valence-electron chi connectivity index (χ3n) is 4.67. The van der Waals surface area contributed by atoms with Gasteiger partial charge in [-0.15, -0.1) is 5.10 Å². The van der Waals surface area contributed by atoms with Crippen molar-refractivity contribution in [2.24, 2.45) is 11.8 Å². The lowest BCUT2D eigenvalue weighted by atomic mass is 9.78. The van der Waals surface area contributed by atoms with E-state index in [2.05, 4.69) is 33.9 Å². The van der Waals surface area contributed by atoms with Gasteiger partial charge in [-0.05, 0) is 30.7 Å². The van der Waals surface area contributed by atoms with Crippen molar-refractivity contribution in [2.75, 3.05) is 5.73 Å². The van der Waals surface area contributed by atoms with Gasteiger partial charge in [0, 0.05) is 29.7 Å². The number of fused-ring (bicyclic) bond motifs is 2. The summed E-state index contributed by atoms with van der Waals surface area (Å²) in [6.07, 6.45) is 11.6. The molecular weight excluding hydrogens is 350 g/mol. The molecule has 8 heteroatoms. The summed E-state index contributed by atoms with van der Waals surface area (Å²) in [5, 5.41) is 4.62. The van der Waals surface area contributed by atoms with Gasteiger partial charge in [0.15, 0.2) is 0 Å². The van der Waals surface area contributed by atoms with Gasteiger partial charge in [-0.25, -0.2) is 19.5 Å². The van der Waals surface area contributed by atoms with E-state index < -0.39 is 0 Å². The molecule has 26 heavy (non-hydrogen) atoms. The maximum atomic E-state index is 6.06. The molecule has 4 aromatic heterocycles. The van der Waals surface area contributed by atoms with Crippen LogP contribution in [0.15, 0.2) is 37.1 Å². The summed E-state index contributed by atoms with van der Waals surface area (Å²) in [4.78, 5) is 12.4. The van der Waals surface area contributed by atoms with E-state index in [0.717, 1.165) is 28.5 Å². The first-order chi connectivity index (χ1) is 12.5. The van der Waals surface area contributed by atoms with E-state index in [9.17, 15) is 0 Å². The number of aromatic nitrogens is 6. The van der Waals surface area contributed by atoms with Gasteiger partial charge in [-0.2, -0.15) is 0 Å². The minimum Gasteiger partial charge on any atom is -0.367 e. The molecule has 4 aromatic rings. The molecule has 7 nitrogen and oxygen atoms in total. The first kappa shape index (κ1) is 16.8. The molecule has 0 unspecified atom stereocenters. The average molecular weight is 370 g/mol. The van der Waals surface area contributed by atoms with Gasteiger partial charge in [-0.3, -0.25) is 4.40 Å². The molecular formula is C18H20ClN7. The number of nitrogens with two attached hydrogens (primary N) is 1. The number of anilines is 1. The first-order valence-corrected chi connectivity index (χ1v) is 8.98. The molecule has 1 aliphatic carbocycles. The van der Waals surface area contributed by atoms with Gasteiger partial charge >= 0.3 is 0 Å². The van der Waals surface area contributed by atoms with Gasteiger partial charge < -0.3 is 5.73 Å². The normalized spacial score (nSPS) is 19.2. The van der Waals surface area contributed by atoms with Gasteiger partial charge in [0.1, 0.15) is 5.15 Å². The zero-order chi connectivity index (χ0) is 18.3. The maximum Gasteiger partial charge on any atom is 0.238 e.